The molecule has 2 fully saturated rings. The van der Waals surface area contributed by atoms with Gasteiger partial charge in [0.05, 0.1) is 18.8 Å². The molecule has 2 heterocycles. The largest absolute Gasteiger partial charge is 0.389 e. The number of nitrogens with zero attached hydrogens (tertiary/aromatic N) is 1. The van der Waals surface area contributed by atoms with Gasteiger partial charge in [0.15, 0.2) is 6.29 Å². The van der Waals surface area contributed by atoms with Gasteiger partial charge in [0.25, 0.3) is 0 Å². The Morgan fingerprint density at radius 3 is 2.88 bits per heavy atom. The van der Waals surface area contributed by atoms with Crippen molar-refractivity contribution >= 4 is 0 Å². The van der Waals surface area contributed by atoms with Gasteiger partial charge in [-0.15, -0.1) is 0 Å². The number of morpholine rings is 1. The number of hydrogen-bond donors (Lipinski definition) is 1. The lowest BCUT2D eigenvalue weighted by Gasteiger charge is -2.43. The summed E-state index contributed by atoms with van der Waals surface area (Å²) in [5.74, 6) is 0. The Labute approximate surface area is 96.3 Å². The quantitative estimate of drug-likeness (QED) is 0.715. The minimum Gasteiger partial charge on any atom is -0.389 e. The lowest BCUT2D eigenvalue weighted by molar-refractivity contribution is -0.190. The van der Waals surface area contributed by atoms with Gasteiger partial charge in [-0.1, -0.05) is 0 Å². The summed E-state index contributed by atoms with van der Waals surface area (Å²) in [5, 5.41) is 10.1. The summed E-state index contributed by atoms with van der Waals surface area (Å²) in [6.07, 6.45) is 0.216. The maximum absolute atomic E-state index is 10.1. The third-order valence-electron chi connectivity index (χ3n) is 3.47. The second-order valence-corrected chi connectivity index (χ2v) is 4.45. The van der Waals surface area contributed by atoms with Crippen LogP contribution in [0.15, 0.2) is 0 Å². The van der Waals surface area contributed by atoms with E-state index in [0.29, 0.717) is 6.61 Å². The molecule has 5 heteroatoms. The van der Waals surface area contributed by atoms with Crippen LogP contribution in [0.4, 0.5) is 0 Å². The van der Waals surface area contributed by atoms with Gasteiger partial charge in [-0.3, -0.25) is 4.90 Å². The van der Waals surface area contributed by atoms with E-state index in [-0.39, 0.29) is 18.4 Å². The predicted molar refractivity (Wildman–Crippen MR) is 58.1 cm³/mol. The maximum Gasteiger partial charge on any atom is 0.169 e. The fraction of sp³-hybridized carbons (Fsp3) is 1.00. The third-order valence-corrected chi connectivity index (χ3v) is 3.47. The lowest BCUT2D eigenvalue weighted by Crippen LogP contribution is -2.57. The Morgan fingerprint density at radius 1 is 1.31 bits per heavy atom. The van der Waals surface area contributed by atoms with E-state index in [9.17, 15) is 5.11 Å². The Morgan fingerprint density at radius 2 is 2.12 bits per heavy atom. The molecule has 2 saturated heterocycles. The molecule has 4 atom stereocenters. The zero-order chi connectivity index (χ0) is 11.5. The molecule has 94 valence electrons. The summed E-state index contributed by atoms with van der Waals surface area (Å²) < 4.78 is 16.1. The summed E-state index contributed by atoms with van der Waals surface area (Å²) >= 11 is 0. The van der Waals surface area contributed by atoms with Crippen molar-refractivity contribution in [2.45, 2.75) is 37.9 Å². The van der Waals surface area contributed by atoms with Crippen LogP contribution in [-0.2, 0) is 14.2 Å². The summed E-state index contributed by atoms with van der Waals surface area (Å²) in [5.41, 5.74) is 0. The molecule has 1 N–H and O–H groups in total. The van der Waals surface area contributed by atoms with E-state index < -0.39 is 6.10 Å². The summed E-state index contributed by atoms with van der Waals surface area (Å²) in [7, 11) is 1.65. The Hall–Kier alpha value is -0.200. The molecule has 2 aliphatic rings. The van der Waals surface area contributed by atoms with Crippen molar-refractivity contribution in [3.8, 4) is 0 Å². The second-order valence-electron chi connectivity index (χ2n) is 4.45. The van der Waals surface area contributed by atoms with E-state index in [1.54, 1.807) is 7.11 Å². The summed E-state index contributed by atoms with van der Waals surface area (Å²) in [6, 6.07) is 0.172. The molecular weight excluding hydrogens is 210 g/mol. The lowest BCUT2D eigenvalue weighted by atomic mass is 9.98. The van der Waals surface area contributed by atoms with E-state index in [2.05, 4.69) is 4.90 Å². The number of rotatable bonds is 2. The minimum absolute atomic E-state index is 0.0809. The predicted octanol–water partition coefficient (Wildman–Crippen LogP) is -0.171. The highest BCUT2D eigenvalue weighted by molar-refractivity contribution is 4.87. The topological polar surface area (TPSA) is 51.2 Å². The van der Waals surface area contributed by atoms with Gasteiger partial charge >= 0.3 is 0 Å². The van der Waals surface area contributed by atoms with Crippen LogP contribution in [0.5, 0.6) is 0 Å². The smallest absolute Gasteiger partial charge is 0.169 e. The van der Waals surface area contributed by atoms with Crippen LogP contribution < -0.4 is 0 Å². The minimum atomic E-state index is -0.413. The molecule has 0 saturated carbocycles. The number of methoxy groups -OCH3 is 1. The number of aliphatic hydroxyl groups excluding tert-OH is 1. The average Bonchev–Trinajstić information content (AvgIpc) is 2.33. The van der Waals surface area contributed by atoms with Gasteiger partial charge in [0.2, 0.25) is 0 Å². The maximum atomic E-state index is 10.1. The van der Waals surface area contributed by atoms with Crippen molar-refractivity contribution in [3.63, 3.8) is 0 Å². The van der Waals surface area contributed by atoms with Gasteiger partial charge in [-0.25, -0.2) is 0 Å². The number of ether oxygens (including phenoxy) is 3. The molecule has 0 spiro atoms. The van der Waals surface area contributed by atoms with Crippen molar-refractivity contribution in [2.24, 2.45) is 0 Å². The van der Waals surface area contributed by atoms with Gasteiger partial charge in [-0.2, -0.15) is 0 Å². The molecule has 0 bridgehead atoms. The molecule has 3 unspecified atom stereocenters. The highest BCUT2D eigenvalue weighted by Gasteiger charge is 2.36. The normalized spacial score (nSPS) is 42.2. The highest BCUT2D eigenvalue weighted by Crippen LogP contribution is 2.22. The van der Waals surface area contributed by atoms with E-state index in [4.69, 9.17) is 14.2 Å². The van der Waals surface area contributed by atoms with Crippen LogP contribution >= 0.6 is 0 Å². The fourth-order valence-corrected chi connectivity index (χ4v) is 2.44. The summed E-state index contributed by atoms with van der Waals surface area (Å²) in [6.45, 7) is 4.89. The van der Waals surface area contributed by atoms with E-state index >= 15 is 0 Å². The van der Waals surface area contributed by atoms with Crippen LogP contribution in [0.25, 0.3) is 0 Å². The van der Waals surface area contributed by atoms with E-state index in [1.807, 2.05) is 6.92 Å². The fourth-order valence-electron chi connectivity index (χ4n) is 2.44. The Bertz CT molecular complexity index is 226. The first kappa shape index (κ1) is 12.3. The second kappa shape index (κ2) is 5.42. The summed E-state index contributed by atoms with van der Waals surface area (Å²) in [4.78, 5) is 2.25. The van der Waals surface area contributed by atoms with Crippen molar-refractivity contribution in [1.82, 2.24) is 4.90 Å². The monoisotopic (exact) mass is 231 g/mol. The van der Waals surface area contributed by atoms with Crippen molar-refractivity contribution in [1.29, 1.82) is 0 Å². The van der Waals surface area contributed by atoms with E-state index in [1.165, 1.54) is 0 Å². The van der Waals surface area contributed by atoms with Crippen LogP contribution in [0.2, 0.25) is 0 Å². The number of hydrogen-bond acceptors (Lipinski definition) is 5. The molecule has 2 aliphatic heterocycles. The molecule has 16 heavy (non-hydrogen) atoms. The molecule has 0 aromatic rings. The molecular formula is C11H21NO4. The zero-order valence-corrected chi connectivity index (χ0v) is 9.96. The first-order valence-electron chi connectivity index (χ1n) is 5.90. The van der Waals surface area contributed by atoms with Crippen LogP contribution in [0.3, 0.4) is 0 Å². The van der Waals surface area contributed by atoms with Gasteiger partial charge in [0.1, 0.15) is 0 Å². The van der Waals surface area contributed by atoms with Crippen LogP contribution in [0.1, 0.15) is 13.3 Å². The van der Waals surface area contributed by atoms with Crippen LogP contribution in [-0.4, -0.2) is 68.0 Å². The van der Waals surface area contributed by atoms with E-state index in [0.717, 1.165) is 26.1 Å². The first-order valence-corrected chi connectivity index (χ1v) is 5.90. The molecule has 5 nitrogen and oxygen atoms in total. The Balaban J connectivity index is 1.94. The number of aliphatic hydroxyl groups is 1. The molecule has 0 aromatic carbocycles. The van der Waals surface area contributed by atoms with Crippen molar-refractivity contribution in [3.05, 3.63) is 0 Å². The van der Waals surface area contributed by atoms with Crippen LogP contribution in [0, 0.1) is 0 Å². The average molecular weight is 231 g/mol. The molecule has 0 radical (unpaired) electrons. The SMILES string of the molecule is COC1CN([C@H]2CCOC(C)C2O)CCO1. The molecule has 0 aromatic heterocycles. The van der Waals surface area contributed by atoms with Gasteiger partial charge < -0.3 is 19.3 Å². The zero-order valence-electron chi connectivity index (χ0n) is 9.96. The standard InChI is InChI=1S/C11H21NO4/c1-8-11(13)9(3-5-15-8)12-4-6-16-10(7-12)14-2/h8-11,13H,3-7H2,1-2H3/t8?,9-,10?,11?/m0/s1. The molecule has 0 aliphatic carbocycles. The third kappa shape index (κ3) is 2.55. The van der Waals surface area contributed by atoms with Crippen molar-refractivity contribution in [2.75, 3.05) is 33.4 Å². The first-order chi connectivity index (χ1) is 7.72. The Kier molecular flexibility index (Phi) is 4.16. The van der Waals surface area contributed by atoms with Gasteiger partial charge in [0, 0.05) is 32.8 Å². The van der Waals surface area contributed by atoms with Gasteiger partial charge in [-0.05, 0) is 13.3 Å². The van der Waals surface area contributed by atoms with Crippen molar-refractivity contribution < 1.29 is 19.3 Å². The molecule has 0 amide bonds. The highest BCUT2D eigenvalue weighted by atomic mass is 16.7. The molecule has 2 rings (SSSR count).